The van der Waals surface area contributed by atoms with Gasteiger partial charge in [0, 0.05) is 17.4 Å². The van der Waals surface area contributed by atoms with E-state index in [0.29, 0.717) is 36.3 Å². The third-order valence-electron chi connectivity index (χ3n) is 11.4. The van der Waals surface area contributed by atoms with Crippen molar-refractivity contribution in [1.29, 1.82) is 0 Å². The molecule has 1 fully saturated rings. The molecule has 6 nitrogen and oxygen atoms in total. The zero-order chi connectivity index (χ0) is 33.9. The van der Waals surface area contributed by atoms with E-state index in [0.717, 1.165) is 49.5 Å². The molecule has 0 bridgehead atoms. The van der Waals surface area contributed by atoms with Crippen LogP contribution in [-0.2, 0) is 14.3 Å². The van der Waals surface area contributed by atoms with E-state index in [2.05, 4.69) is 60.6 Å². The van der Waals surface area contributed by atoms with Crippen LogP contribution in [0.15, 0.2) is 57.7 Å². The minimum atomic E-state index is -1.20. The smallest absolute Gasteiger partial charge is 0.335 e. The minimum Gasteiger partial charge on any atom is -0.452 e. The second-order valence-corrected chi connectivity index (χ2v) is 15.7. The van der Waals surface area contributed by atoms with Gasteiger partial charge in [0.05, 0.1) is 12.2 Å². The standard InChI is InChI=1S/C40H60O6/c1-22(2)12-9-15-25(6)33-31(42)18-24(5)14-11-17-28(21-41)35(33)38(44)39-36-30-20-29(30)27(8)19-32(43)34(37(36)40(45)46-39)26(7)16-10-13-23(3)4/h12-14,17,21,25-27,29-35,38-39,42-44H,9-11,15-16,18-20H2,1-8H3/b24-14+,28-17+/t25-,26-,27-,29+,30+,31-,32-,33-,34-,35-,38-,39-/m1/s1. The van der Waals surface area contributed by atoms with Crippen LogP contribution in [0.4, 0.5) is 0 Å². The first-order valence-electron chi connectivity index (χ1n) is 17.8. The van der Waals surface area contributed by atoms with Crippen LogP contribution in [0.3, 0.4) is 0 Å². The molecule has 4 rings (SSSR count). The summed E-state index contributed by atoms with van der Waals surface area (Å²) in [5.74, 6) is -1.22. The molecular formula is C40H60O6. The van der Waals surface area contributed by atoms with Gasteiger partial charge < -0.3 is 20.1 Å². The maximum atomic E-state index is 14.0. The Morgan fingerprint density at radius 2 is 1.59 bits per heavy atom. The summed E-state index contributed by atoms with van der Waals surface area (Å²) in [5.41, 5.74) is 5.39. The van der Waals surface area contributed by atoms with Gasteiger partial charge in [-0.05, 0) is 133 Å². The van der Waals surface area contributed by atoms with E-state index >= 15 is 0 Å². The number of hydrogen-bond acceptors (Lipinski definition) is 6. The lowest BCUT2D eigenvalue weighted by molar-refractivity contribution is -0.148. The van der Waals surface area contributed by atoms with E-state index in [4.69, 9.17) is 4.74 Å². The Labute approximate surface area is 277 Å². The van der Waals surface area contributed by atoms with Crippen LogP contribution in [0.5, 0.6) is 0 Å². The van der Waals surface area contributed by atoms with Crippen molar-refractivity contribution in [2.24, 2.45) is 47.3 Å². The topological polar surface area (TPSA) is 104 Å². The number of carbonyl (C=O) groups excluding carboxylic acids is 2. The van der Waals surface area contributed by atoms with Gasteiger partial charge in [0.2, 0.25) is 0 Å². The molecule has 3 N–H and O–H groups in total. The summed E-state index contributed by atoms with van der Waals surface area (Å²) in [5, 5.41) is 35.9. The van der Waals surface area contributed by atoms with Gasteiger partial charge in [0.1, 0.15) is 12.4 Å². The van der Waals surface area contributed by atoms with Crippen LogP contribution in [0.25, 0.3) is 0 Å². The van der Waals surface area contributed by atoms with E-state index in [1.807, 2.05) is 19.1 Å². The molecule has 46 heavy (non-hydrogen) atoms. The lowest BCUT2D eigenvalue weighted by Gasteiger charge is -2.40. The lowest BCUT2D eigenvalue weighted by Crippen LogP contribution is -2.46. The summed E-state index contributed by atoms with van der Waals surface area (Å²) in [6.07, 6.45) is 11.4. The molecule has 0 amide bonds. The SMILES string of the molecule is CC(C)=CCC[C@@H](C)[C@H]1C2=C([C@H]3C[C@H]3[C@H](C)C[C@H]1O)[C@H]([C@H](O)[C@@H]1/C(C=O)=C/C/C=C(\C)C[C@@H](O)[C@H]1[C@H](C)CCC=C(C)C)OC2=O. The number of esters is 1. The number of hydrogen-bond donors (Lipinski definition) is 3. The van der Waals surface area contributed by atoms with Crippen LogP contribution >= 0.6 is 0 Å². The summed E-state index contributed by atoms with van der Waals surface area (Å²) >= 11 is 0. The van der Waals surface area contributed by atoms with Crippen molar-refractivity contribution in [3.63, 3.8) is 0 Å². The number of fused-ring (bicyclic) bond motifs is 2. The van der Waals surface area contributed by atoms with Crippen LogP contribution in [0.1, 0.15) is 107 Å². The van der Waals surface area contributed by atoms with Gasteiger partial charge in [-0.2, -0.15) is 0 Å². The van der Waals surface area contributed by atoms with Crippen molar-refractivity contribution in [3.8, 4) is 0 Å². The molecule has 3 aliphatic carbocycles. The molecule has 0 aromatic heterocycles. The molecule has 4 aliphatic rings. The van der Waals surface area contributed by atoms with Crippen molar-refractivity contribution < 1.29 is 29.6 Å². The third kappa shape index (κ3) is 8.22. The highest BCUT2D eigenvalue weighted by molar-refractivity contribution is 5.93. The minimum absolute atomic E-state index is 0.0132. The van der Waals surface area contributed by atoms with Crippen molar-refractivity contribution >= 4 is 12.3 Å². The quantitative estimate of drug-likeness (QED) is 0.124. The fourth-order valence-electron chi connectivity index (χ4n) is 8.92. The van der Waals surface area contributed by atoms with Gasteiger partial charge in [-0.3, -0.25) is 4.79 Å². The molecule has 1 heterocycles. The number of aliphatic hydroxyl groups is 3. The van der Waals surface area contributed by atoms with Gasteiger partial charge in [-0.15, -0.1) is 0 Å². The molecule has 256 valence electrons. The number of rotatable bonds is 11. The molecule has 0 spiro atoms. The molecule has 0 radical (unpaired) electrons. The number of aliphatic hydroxyl groups excluding tert-OH is 3. The Hall–Kier alpha value is -2.28. The van der Waals surface area contributed by atoms with E-state index < -0.39 is 42.2 Å². The molecule has 0 unspecified atom stereocenters. The number of allylic oxidation sites excluding steroid dienone is 6. The zero-order valence-electron chi connectivity index (χ0n) is 29.5. The van der Waals surface area contributed by atoms with Gasteiger partial charge in [0.25, 0.3) is 0 Å². The Bertz CT molecular complexity index is 1260. The zero-order valence-corrected chi connectivity index (χ0v) is 29.5. The van der Waals surface area contributed by atoms with Crippen molar-refractivity contribution in [2.75, 3.05) is 0 Å². The number of ether oxygens (including phenoxy) is 1. The number of cyclic esters (lactones) is 1. The molecule has 6 heteroatoms. The third-order valence-corrected chi connectivity index (χ3v) is 11.4. The Morgan fingerprint density at radius 1 is 0.957 bits per heavy atom. The maximum Gasteiger partial charge on any atom is 0.335 e. The average Bonchev–Trinajstić information content (AvgIpc) is 3.68. The normalized spacial score (nSPS) is 37.1. The molecule has 0 saturated heterocycles. The van der Waals surface area contributed by atoms with E-state index in [1.165, 1.54) is 11.1 Å². The second kappa shape index (κ2) is 15.7. The Kier molecular flexibility index (Phi) is 12.5. The van der Waals surface area contributed by atoms with E-state index in [9.17, 15) is 24.9 Å². The van der Waals surface area contributed by atoms with E-state index in [-0.39, 0.29) is 29.6 Å². The highest BCUT2D eigenvalue weighted by Crippen LogP contribution is 2.58. The predicted molar refractivity (Wildman–Crippen MR) is 184 cm³/mol. The van der Waals surface area contributed by atoms with Crippen LogP contribution < -0.4 is 0 Å². The van der Waals surface area contributed by atoms with Gasteiger partial charge in [-0.25, -0.2) is 4.79 Å². The highest BCUT2D eigenvalue weighted by Gasteiger charge is 2.58. The summed E-state index contributed by atoms with van der Waals surface area (Å²) in [6, 6.07) is 0. The number of aldehydes is 1. The second-order valence-electron chi connectivity index (χ2n) is 15.7. The number of carbonyl (C=O) groups is 2. The van der Waals surface area contributed by atoms with Crippen molar-refractivity contribution in [2.45, 2.75) is 131 Å². The van der Waals surface area contributed by atoms with Crippen LogP contribution in [-0.4, -0.2) is 52.0 Å². The van der Waals surface area contributed by atoms with Crippen molar-refractivity contribution in [1.82, 2.24) is 0 Å². The van der Waals surface area contributed by atoms with E-state index in [1.54, 1.807) is 0 Å². The Balaban J connectivity index is 1.79. The largest absolute Gasteiger partial charge is 0.452 e. The predicted octanol–water partition coefficient (Wildman–Crippen LogP) is 7.45. The first-order chi connectivity index (χ1) is 21.8. The van der Waals surface area contributed by atoms with Gasteiger partial charge in [0.15, 0.2) is 6.10 Å². The lowest BCUT2D eigenvalue weighted by atomic mass is 9.67. The monoisotopic (exact) mass is 636 g/mol. The Morgan fingerprint density at radius 3 is 2.20 bits per heavy atom. The molecular weight excluding hydrogens is 576 g/mol. The van der Waals surface area contributed by atoms with Gasteiger partial charge in [-0.1, -0.05) is 61.8 Å². The van der Waals surface area contributed by atoms with Crippen LogP contribution in [0, 0.1) is 47.3 Å². The molecule has 0 aromatic carbocycles. The summed E-state index contributed by atoms with van der Waals surface area (Å²) in [4.78, 5) is 26.7. The van der Waals surface area contributed by atoms with Crippen LogP contribution in [0.2, 0.25) is 0 Å². The summed E-state index contributed by atoms with van der Waals surface area (Å²) in [7, 11) is 0. The molecule has 1 saturated carbocycles. The van der Waals surface area contributed by atoms with Gasteiger partial charge >= 0.3 is 5.97 Å². The summed E-state index contributed by atoms with van der Waals surface area (Å²) in [6.45, 7) is 16.7. The maximum absolute atomic E-state index is 14.0. The average molecular weight is 637 g/mol. The molecule has 0 aromatic rings. The first-order valence-corrected chi connectivity index (χ1v) is 17.8. The summed E-state index contributed by atoms with van der Waals surface area (Å²) < 4.78 is 6.20. The van der Waals surface area contributed by atoms with Crippen molar-refractivity contribution in [3.05, 3.63) is 57.7 Å². The molecule has 12 atom stereocenters. The fourth-order valence-corrected chi connectivity index (χ4v) is 8.92. The highest BCUT2D eigenvalue weighted by atomic mass is 16.6. The first kappa shape index (κ1) is 36.6. The molecule has 1 aliphatic heterocycles. The fraction of sp³-hybridized carbons (Fsp3) is 0.700.